The molecule has 0 rings (SSSR count). The van der Waals surface area contributed by atoms with Gasteiger partial charge in [0.1, 0.15) is 0 Å². The van der Waals surface area contributed by atoms with Crippen molar-refractivity contribution in [2.75, 3.05) is 13.2 Å². The molecular formula is C73H143NO5. The van der Waals surface area contributed by atoms with Crippen LogP contribution in [0.3, 0.4) is 0 Å². The minimum absolute atomic E-state index is 0.0268. The van der Waals surface area contributed by atoms with E-state index in [1.807, 2.05) is 6.08 Å². The number of hydrogen-bond acceptors (Lipinski definition) is 5. The average molecular weight is 1110 g/mol. The summed E-state index contributed by atoms with van der Waals surface area (Å²) in [4.78, 5) is 24.6. The van der Waals surface area contributed by atoms with Crippen LogP contribution in [-0.4, -0.2) is 47.4 Å². The Hall–Kier alpha value is -1.40. The van der Waals surface area contributed by atoms with Crippen LogP contribution >= 0.6 is 0 Å². The van der Waals surface area contributed by atoms with Crippen molar-refractivity contribution in [1.29, 1.82) is 0 Å². The van der Waals surface area contributed by atoms with Crippen molar-refractivity contribution in [3.8, 4) is 0 Å². The van der Waals surface area contributed by atoms with Crippen LogP contribution < -0.4 is 5.32 Å². The molecule has 0 heterocycles. The molecule has 0 bridgehead atoms. The fourth-order valence-electron chi connectivity index (χ4n) is 11.8. The van der Waals surface area contributed by atoms with E-state index in [2.05, 4.69) is 19.2 Å². The zero-order chi connectivity index (χ0) is 57.1. The topological polar surface area (TPSA) is 95.9 Å². The normalized spacial score (nSPS) is 12.5. The van der Waals surface area contributed by atoms with Gasteiger partial charge in [-0.2, -0.15) is 0 Å². The predicted molar refractivity (Wildman–Crippen MR) is 347 cm³/mol. The Balaban J connectivity index is 3.28. The minimum atomic E-state index is -0.839. The molecule has 3 N–H and O–H groups in total. The summed E-state index contributed by atoms with van der Waals surface area (Å²) in [6.45, 7) is 4.94. The first-order valence-electron chi connectivity index (χ1n) is 36.5. The lowest BCUT2D eigenvalue weighted by Gasteiger charge is -2.20. The van der Waals surface area contributed by atoms with E-state index in [0.717, 1.165) is 38.5 Å². The zero-order valence-electron chi connectivity index (χ0n) is 53.9. The maximum absolute atomic E-state index is 12.4. The van der Waals surface area contributed by atoms with Gasteiger partial charge in [0.05, 0.1) is 25.4 Å². The fraction of sp³-hybridized carbons (Fsp3) is 0.945. The molecule has 0 aliphatic carbocycles. The molecule has 0 saturated heterocycles. The lowest BCUT2D eigenvalue weighted by atomic mass is 10.0. The third-order valence-corrected chi connectivity index (χ3v) is 17.3. The van der Waals surface area contributed by atoms with Crippen molar-refractivity contribution in [2.45, 2.75) is 431 Å². The number of allylic oxidation sites excluding steroid dienone is 1. The van der Waals surface area contributed by atoms with Gasteiger partial charge in [-0.15, -0.1) is 0 Å². The van der Waals surface area contributed by atoms with Crippen molar-refractivity contribution in [1.82, 2.24) is 5.32 Å². The van der Waals surface area contributed by atoms with Crippen LogP contribution in [0.15, 0.2) is 12.2 Å². The predicted octanol–water partition coefficient (Wildman–Crippen LogP) is 23.5. The number of carbonyl (C=O) groups excluding carboxylic acids is 2. The van der Waals surface area contributed by atoms with Crippen molar-refractivity contribution in [2.24, 2.45) is 0 Å². The lowest BCUT2D eigenvalue weighted by Crippen LogP contribution is -2.45. The molecule has 2 unspecified atom stereocenters. The number of nitrogens with one attached hydrogen (secondary N) is 1. The van der Waals surface area contributed by atoms with Gasteiger partial charge in [-0.3, -0.25) is 9.59 Å². The van der Waals surface area contributed by atoms with E-state index in [1.54, 1.807) is 6.08 Å². The van der Waals surface area contributed by atoms with Gasteiger partial charge in [0.2, 0.25) is 5.91 Å². The number of ether oxygens (including phenoxy) is 1. The molecule has 0 fully saturated rings. The Kier molecular flexibility index (Phi) is 67.9. The van der Waals surface area contributed by atoms with Gasteiger partial charge < -0.3 is 20.3 Å². The van der Waals surface area contributed by atoms with Gasteiger partial charge in [-0.05, 0) is 32.1 Å². The monoisotopic (exact) mass is 1110 g/mol. The summed E-state index contributed by atoms with van der Waals surface area (Å²) >= 11 is 0. The summed E-state index contributed by atoms with van der Waals surface area (Å²) in [5, 5.41) is 23.1. The van der Waals surface area contributed by atoms with Gasteiger partial charge >= 0.3 is 5.97 Å². The van der Waals surface area contributed by atoms with Crippen LogP contribution in [0, 0.1) is 0 Å². The van der Waals surface area contributed by atoms with Gasteiger partial charge in [0, 0.05) is 12.8 Å². The number of hydrogen-bond donors (Lipinski definition) is 3. The van der Waals surface area contributed by atoms with Crippen LogP contribution in [0.4, 0.5) is 0 Å². The number of rotatable bonds is 69. The second-order valence-corrected chi connectivity index (χ2v) is 25.3. The third-order valence-electron chi connectivity index (χ3n) is 17.3. The molecule has 2 atom stereocenters. The van der Waals surface area contributed by atoms with E-state index in [0.29, 0.717) is 19.4 Å². The van der Waals surface area contributed by atoms with E-state index >= 15 is 0 Å². The standard InChI is InChI=1S/C73H143NO5/c1-3-5-7-9-11-13-15-16-17-18-37-40-43-47-51-55-59-63-67-73(78)79-68-64-60-56-52-48-44-41-38-35-33-31-29-27-25-23-21-19-20-22-24-26-28-30-32-34-36-39-42-46-50-54-58-62-66-72(77)74-70(69-75)71(76)65-61-57-53-49-45-14-12-10-8-6-4-2/h61,65,70-71,75-76H,3-60,62-64,66-69H2,1-2H3,(H,74,77)/b65-61+. The summed E-state index contributed by atoms with van der Waals surface area (Å²) in [5.74, 6) is -0.0355. The van der Waals surface area contributed by atoms with Crippen LogP contribution in [0.25, 0.3) is 0 Å². The first kappa shape index (κ1) is 77.6. The second-order valence-electron chi connectivity index (χ2n) is 25.3. The Labute approximate surface area is 495 Å². The van der Waals surface area contributed by atoms with E-state index in [4.69, 9.17) is 4.74 Å². The van der Waals surface area contributed by atoms with Gasteiger partial charge in [0.15, 0.2) is 0 Å². The largest absolute Gasteiger partial charge is 0.466 e. The molecule has 0 saturated carbocycles. The summed E-state index contributed by atoms with van der Waals surface area (Å²) in [6.07, 6.45) is 86.1. The van der Waals surface area contributed by atoms with Gasteiger partial charge in [-0.25, -0.2) is 0 Å². The zero-order valence-corrected chi connectivity index (χ0v) is 53.9. The molecule has 470 valence electrons. The highest BCUT2D eigenvalue weighted by atomic mass is 16.5. The molecule has 79 heavy (non-hydrogen) atoms. The lowest BCUT2D eigenvalue weighted by molar-refractivity contribution is -0.143. The molecular weight excluding hydrogens is 971 g/mol. The van der Waals surface area contributed by atoms with Crippen LogP contribution in [0.5, 0.6) is 0 Å². The summed E-state index contributed by atoms with van der Waals surface area (Å²) in [6, 6.07) is -0.622. The molecule has 0 aromatic carbocycles. The van der Waals surface area contributed by atoms with Gasteiger partial charge in [-0.1, -0.05) is 386 Å². The smallest absolute Gasteiger partial charge is 0.305 e. The highest BCUT2D eigenvalue weighted by molar-refractivity contribution is 5.76. The molecule has 0 aliphatic rings. The van der Waals surface area contributed by atoms with Crippen LogP contribution in [0.1, 0.15) is 418 Å². The Morgan fingerprint density at radius 1 is 0.342 bits per heavy atom. The molecule has 1 amide bonds. The summed E-state index contributed by atoms with van der Waals surface area (Å²) in [5.41, 5.74) is 0. The molecule has 0 aliphatic heterocycles. The number of esters is 1. The minimum Gasteiger partial charge on any atom is -0.466 e. The van der Waals surface area contributed by atoms with Crippen molar-refractivity contribution < 1.29 is 24.5 Å². The van der Waals surface area contributed by atoms with Crippen molar-refractivity contribution >= 4 is 11.9 Å². The average Bonchev–Trinajstić information content (AvgIpc) is 3.45. The first-order chi connectivity index (χ1) is 39.0. The third kappa shape index (κ3) is 65.6. The van der Waals surface area contributed by atoms with E-state index in [1.165, 1.54) is 353 Å². The SMILES string of the molecule is CCCCCCCCCCC/C=C/C(O)C(CO)NC(=O)CCCCCCCCCCCCCCCCCCCCCCCCCCCCCCCCCCCOC(=O)CCCCCCCCCCCCCCCCCCCC. The maximum Gasteiger partial charge on any atom is 0.305 e. The first-order valence-corrected chi connectivity index (χ1v) is 36.5. The molecule has 6 nitrogen and oxygen atoms in total. The van der Waals surface area contributed by atoms with E-state index in [9.17, 15) is 19.8 Å². The highest BCUT2D eigenvalue weighted by Gasteiger charge is 2.18. The summed E-state index contributed by atoms with van der Waals surface area (Å²) < 4.78 is 5.52. The molecule has 6 heteroatoms. The Morgan fingerprint density at radius 3 is 0.861 bits per heavy atom. The summed E-state index contributed by atoms with van der Waals surface area (Å²) in [7, 11) is 0. The highest BCUT2D eigenvalue weighted by Crippen LogP contribution is 2.20. The second kappa shape index (κ2) is 69.1. The number of amides is 1. The fourth-order valence-corrected chi connectivity index (χ4v) is 11.8. The van der Waals surface area contributed by atoms with Crippen LogP contribution in [-0.2, 0) is 14.3 Å². The molecule has 0 radical (unpaired) electrons. The van der Waals surface area contributed by atoms with Crippen molar-refractivity contribution in [3.63, 3.8) is 0 Å². The van der Waals surface area contributed by atoms with E-state index in [-0.39, 0.29) is 18.5 Å². The Morgan fingerprint density at radius 2 is 0.582 bits per heavy atom. The number of aliphatic hydroxyl groups is 2. The quantitative estimate of drug-likeness (QED) is 0.0320. The number of aliphatic hydroxyl groups excluding tert-OH is 2. The molecule has 0 aromatic rings. The molecule has 0 aromatic heterocycles. The molecule has 0 spiro atoms. The van der Waals surface area contributed by atoms with Crippen molar-refractivity contribution in [3.05, 3.63) is 12.2 Å². The van der Waals surface area contributed by atoms with Crippen LogP contribution in [0.2, 0.25) is 0 Å². The Bertz CT molecular complexity index is 1190. The van der Waals surface area contributed by atoms with Gasteiger partial charge in [0.25, 0.3) is 0 Å². The number of carbonyl (C=O) groups is 2. The maximum atomic E-state index is 12.4. The van der Waals surface area contributed by atoms with E-state index < -0.39 is 12.1 Å². The number of unbranched alkanes of at least 4 members (excludes halogenated alkanes) is 58.